The monoisotopic (exact) mass is 254 g/mol. The van der Waals surface area contributed by atoms with Gasteiger partial charge in [0.2, 0.25) is 5.02 Å². The minimum absolute atomic E-state index is 0.0365. The van der Waals surface area contributed by atoms with Crippen molar-refractivity contribution in [1.82, 2.24) is 0 Å². The normalized spacial score (nSPS) is 12.0. The first-order chi connectivity index (χ1) is 6.42. The van der Waals surface area contributed by atoms with Crippen molar-refractivity contribution in [3.8, 4) is 0 Å². The van der Waals surface area contributed by atoms with Crippen molar-refractivity contribution in [2.75, 3.05) is 0 Å². The largest absolute Gasteiger partial charge is 0.299 e. The van der Waals surface area contributed by atoms with Crippen LogP contribution in [0.15, 0.2) is 29.2 Å². The summed E-state index contributed by atoms with van der Waals surface area (Å²) in [6.07, 6.45) is 0. The fraction of sp³-hybridized carbons (Fsp3) is 0.250. The van der Waals surface area contributed by atoms with Crippen LogP contribution in [-0.2, 0) is 14.3 Å². The summed E-state index contributed by atoms with van der Waals surface area (Å²) in [5.74, 6) is 0. The van der Waals surface area contributed by atoms with E-state index in [0.717, 1.165) is 5.56 Å². The molecule has 1 aromatic rings. The molecule has 0 saturated heterocycles. The van der Waals surface area contributed by atoms with E-state index in [4.69, 9.17) is 23.2 Å². The van der Waals surface area contributed by atoms with Gasteiger partial charge < -0.3 is 0 Å². The lowest BCUT2D eigenvalue weighted by Crippen LogP contribution is -2.09. The minimum Gasteiger partial charge on any atom is -0.230 e. The van der Waals surface area contributed by atoms with Crippen molar-refractivity contribution < 1.29 is 12.6 Å². The summed E-state index contributed by atoms with van der Waals surface area (Å²) in [5, 5.41) is -1.39. The van der Waals surface area contributed by atoms with Gasteiger partial charge in [0.25, 0.3) is 10.1 Å². The minimum atomic E-state index is -3.84. The first-order valence-electron chi connectivity index (χ1n) is 3.70. The molecular formula is C8H8Cl2O3S. The molecule has 0 N–H and O–H groups in total. The van der Waals surface area contributed by atoms with E-state index in [1.54, 1.807) is 12.1 Å². The molecule has 1 rings (SSSR count). The Balaban J connectivity index is 2.99. The van der Waals surface area contributed by atoms with Gasteiger partial charge in [0.15, 0.2) is 0 Å². The van der Waals surface area contributed by atoms with E-state index in [1.165, 1.54) is 12.1 Å². The zero-order chi connectivity index (χ0) is 10.8. The first-order valence-corrected chi connectivity index (χ1v) is 5.98. The van der Waals surface area contributed by atoms with Gasteiger partial charge in [-0.2, -0.15) is 8.42 Å². The van der Waals surface area contributed by atoms with Crippen LogP contribution in [0.4, 0.5) is 0 Å². The summed E-state index contributed by atoms with van der Waals surface area (Å²) < 4.78 is 27.1. The number of rotatable bonds is 3. The first kappa shape index (κ1) is 11.8. The third kappa shape index (κ3) is 3.13. The van der Waals surface area contributed by atoms with Crippen molar-refractivity contribution >= 4 is 33.3 Å². The molecule has 1 aromatic carbocycles. The van der Waals surface area contributed by atoms with Gasteiger partial charge in [0.1, 0.15) is 0 Å². The quantitative estimate of drug-likeness (QED) is 0.615. The Morgan fingerprint density at radius 2 is 1.71 bits per heavy atom. The van der Waals surface area contributed by atoms with E-state index in [0.29, 0.717) is 0 Å². The summed E-state index contributed by atoms with van der Waals surface area (Å²) in [6, 6.07) is 6.18. The predicted molar refractivity (Wildman–Crippen MR) is 54.9 cm³/mol. The molecule has 6 heteroatoms. The van der Waals surface area contributed by atoms with Crippen LogP contribution in [-0.4, -0.2) is 13.4 Å². The molecule has 0 radical (unpaired) electrons. The van der Waals surface area contributed by atoms with Crippen molar-refractivity contribution in [2.45, 2.75) is 16.8 Å². The molecule has 0 aliphatic carbocycles. The highest BCUT2D eigenvalue weighted by Gasteiger charge is 2.18. The number of hydrogen-bond donors (Lipinski definition) is 0. The molecule has 14 heavy (non-hydrogen) atoms. The average molecular weight is 255 g/mol. The van der Waals surface area contributed by atoms with E-state index in [9.17, 15) is 8.42 Å². The Labute approximate surface area is 92.7 Å². The Hall–Kier alpha value is -0.290. The van der Waals surface area contributed by atoms with Crippen LogP contribution in [0, 0.1) is 6.92 Å². The third-order valence-corrected chi connectivity index (χ3v) is 3.19. The van der Waals surface area contributed by atoms with E-state index in [1.807, 2.05) is 6.92 Å². The van der Waals surface area contributed by atoms with Crippen LogP contribution in [0.3, 0.4) is 0 Å². The van der Waals surface area contributed by atoms with Crippen LogP contribution < -0.4 is 0 Å². The molecule has 0 fully saturated rings. The Morgan fingerprint density at radius 3 is 2.14 bits per heavy atom. The third-order valence-electron chi connectivity index (χ3n) is 1.51. The molecule has 0 saturated carbocycles. The van der Waals surface area contributed by atoms with Crippen LogP contribution in [0.1, 0.15) is 5.56 Å². The Bertz CT molecular complexity index is 397. The fourth-order valence-electron chi connectivity index (χ4n) is 0.856. The number of hydrogen-bond acceptors (Lipinski definition) is 3. The molecule has 3 nitrogen and oxygen atoms in total. The summed E-state index contributed by atoms with van der Waals surface area (Å²) in [6.45, 7) is 1.85. The molecule has 78 valence electrons. The molecule has 0 aliphatic rings. The lowest BCUT2D eigenvalue weighted by atomic mass is 10.2. The smallest absolute Gasteiger partial charge is 0.230 e. The van der Waals surface area contributed by atoms with Gasteiger partial charge in [-0.15, -0.1) is 0 Å². The Morgan fingerprint density at radius 1 is 1.21 bits per heavy atom. The molecule has 0 bridgehead atoms. The van der Waals surface area contributed by atoms with E-state index in [2.05, 4.69) is 4.18 Å². The van der Waals surface area contributed by atoms with Crippen molar-refractivity contribution in [2.24, 2.45) is 0 Å². The van der Waals surface area contributed by atoms with Crippen LogP contribution >= 0.6 is 23.2 Å². The van der Waals surface area contributed by atoms with Gasteiger partial charge >= 0.3 is 0 Å². The maximum absolute atomic E-state index is 11.4. The number of aryl methyl sites for hydroxylation is 1. The highest BCUT2D eigenvalue weighted by molar-refractivity contribution is 7.86. The topological polar surface area (TPSA) is 43.4 Å². The summed E-state index contributed by atoms with van der Waals surface area (Å²) in [7, 11) is -3.84. The summed E-state index contributed by atoms with van der Waals surface area (Å²) in [4.78, 5) is 0.0365. The van der Waals surface area contributed by atoms with Crippen LogP contribution in [0.25, 0.3) is 0 Å². The van der Waals surface area contributed by atoms with Gasteiger partial charge in [0, 0.05) is 0 Å². The number of benzene rings is 1. The maximum Gasteiger partial charge on any atom is 0.299 e. The van der Waals surface area contributed by atoms with Crippen LogP contribution in [0.2, 0.25) is 0 Å². The summed E-state index contributed by atoms with van der Waals surface area (Å²) in [5.41, 5.74) is 0.956. The summed E-state index contributed by atoms with van der Waals surface area (Å²) >= 11 is 10.4. The van der Waals surface area contributed by atoms with Gasteiger partial charge in [-0.1, -0.05) is 40.9 Å². The van der Waals surface area contributed by atoms with E-state index in [-0.39, 0.29) is 4.90 Å². The van der Waals surface area contributed by atoms with Crippen molar-refractivity contribution in [1.29, 1.82) is 0 Å². The number of halogens is 2. The predicted octanol–water partition coefficient (Wildman–Crippen LogP) is 2.46. The SMILES string of the molecule is Cc1ccc(S(=O)(=O)OC(Cl)Cl)cc1. The number of alkyl halides is 2. The highest BCUT2D eigenvalue weighted by atomic mass is 35.5. The fourth-order valence-corrected chi connectivity index (χ4v) is 2.20. The van der Waals surface area contributed by atoms with Crippen LogP contribution in [0.5, 0.6) is 0 Å². The lowest BCUT2D eigenvalue weighted by Gasteiger charge is -2.05. The zero-order valence-corrected chi connectivity index (χ0v) is 9.60. The van der Waals surface area contributed by atoms with Crippen molar-refractivity contribution in [3.63, 3.8) is 0 Å². The molecule has 0 unspecified atom stereocenters. The molecule has 0 aliphatic heterocycles. The lowest BCUT2D eigenvalue weighted by molar-refractivity contribution is 0.350. The maximum atomic E-state index is 11.4. The molecule has 0 amide bonds. The molecule has 0 heterocycles. The van der Waals surface area contributed by atoms with Gasteiger partial charge in [-0.05, 0) is 19.1 Å². The van der Waals surface area contributed by atoms with Gasteiger partial charge in [-0.25, -0.2) is 4.18 Å². The Kier molecular flexibility index (Phi) is 3.78. The van der Waals surface area contributed by atoms with Crippen molar-refractivity contribution in [3.05, 3.63) is 29.8 Å². The molecule has 0 aromatic heterocycles. The average Bonchev–Trinajstić information content (AvgIpc) is 2.02. The molecule has 0 spiro atoms. The van der Waals surface area contributed by atoms with Gasteiger partial charge in [0.05, 0.1) is 4.90 Å². The van der Waals surface area contributed by atoms with E-state index >= 15 is 0 Å². The standard InChI is InChI=1S/C8H8Cl2O3S/c1-6-2-4-7(5-3-6)14(11,12)13-8(9)10/h2-5,8H,1H3. The second-order valence-corrected chi connectivity index (χ2v) is 5.21. The highest BCUT2D eigenvalue weighted by Crippen LogP contribution is 2.17. The van der Waals surface area contributed by atoms with Gasteiger partial charge in [-0.3, -0.25) is 0 Å². The second-order valence-electron chi connectivity index (χ2n) is 2.62. The molecule has 0 atom stereocenters. The second kappa shape index (κ2) is 4.49. The van der Waals surface area contributed by atoms with E-state index < -0.39 is 15.1 Å². The zero-order valence-electron chi connectivity index (χ0n) is 7.28. The molecular weight excluding hydrogens is 247 g/mol.